The number of rotatable bonds is 11. The summed E-state index contributed by atoms with van der Waals surface area (Å²) >= 11 is 6.11. The van der Waals surface area contributed by atoms with E-state index in [4.69, 9.17) is 26.8 Å². The number of nitrogens with zero attached hydrogens (tertiary/aromatic N) is 7. The van der Waals surface area contributed by atoms with Crippen molar-refractivity contribution in [2.75, 3.05) is 69.6 Å². The molecule has 3 aliphatic rings. The molecule has 2 aromatic carbocycles. The molecular weight excluding hydrogens is 811 g/mol. The van der Waals surface area contributed by atoms with Gasteiger partial charge in [-0.15, -0.1) is 5.10 Å². The van der Waals surface area contributed by atoms with E-state index in [2.05, 4.69) is 15.1 Å². The van der Waals surface area contributed by atoms with Crippen molar-refractivity contribution in [2.24, 2.45) is 0 Å². The number of alkyl halides is 3. The first kappa shape index (κ1) is 42.0. The minimum Gasteiger partial charge on any atom is -0.460 e. The van der Waals surface area contributed by atoms with Gasteiger partial charge in [-0.05, 0) is 49.1 Å². The SMILES string of the molecule is Nc1c(Cl)cc(C[C@@H](OC(=O)N2CCC(n3nc(-c4ccccc4)[nH]c3=O)CC2)C(=O)N2CCN(c3ccc(C(=O)OCCN4CCCC4=O)cn3)CC2)cc1C(F)(F)F. The van der Waals surface area contributed by atoms with Crippen LogP contribution in [0.2, 0.25) is 5.02 Å². The van der Waals surface area contributed by atoms with Gasteiger partial charge in [-0.25, -0.2) is 24.0 Å². The number of nitrogens with one attached hydrogen (secondary N) is 1. The molecule has 7 rings (SSSR count). The van der Waals surface area contributed by atoms with E-state index < -0.39 is 53.6 Å². The molecule has 0 unspecified atom stereocenters. The molecule has 3 fully saturated rings. The number of aromatic nitrogens is 4. The summed E-state index contributed by atoms with van der Waals surface area (Å²) in [7, 11) is 0. The Morgan fingerprint density at radius 3 is 2.33 bits per heavy atom. The fourth-order valence-electron chi connectivity index (χ4n) is 7.54. The molecule has 4 aromatic rings. The number of hydrogen-bond donors (Lipinski definition) is 2. The van der Waals surface area contributed by atoms with E-state index in [-0.39, 0.29) is 60.9 Å². The summed E-state index contributed by atoms with van der Waals surface area (Å²) in [5, 5.41) is 4.11. The monoisotopic (exact) mass is 853 g/mol. The maximum atomic E-state index is 14.1. The van der Waals surface area contributed by atoms with Crippen LogP contribution in [-0.4, -0.2) is 123 Å². The Labute approximate surface area is 347 Å². The number of benzene rings is 2. The molecule has 0 bridgehead atoms. The van der Waals surface area contributed by atoms with Crippen LogP contribution in [-0.2, 0) is 31.7 Å². The highest BCUT2D eigenvalue weighted by Crippen LogP contribution is 2.38. The second-order valence-corrected chi connectivity index (χ2v) is 15.2. The standard InChI is InChI=1S/C40H43ClF3N9O7/c41-30-22-25(21-29(34(30)45)40(42,43)44)23-31(60-39(58)52-13-10-28(11-14-52)53-38(57)47-35(48-53)26-5-2-1-3-6-26)36(55)51-17-15-49(16-18-51)32-9-8-27(24-46-32)37(56)59-20-19-50-12-4-7-33(50)54/h1-3,5-6,8-9,21-22,24,28,31H,4,7,10-20,23,45H2,(H,47,48,57)/t31-/m1/s1. The van der Waals surface area contributed by atoms with Crippen molar-refractivity contribution in [2.45, 2.75) is 50.4 Å². The molecule has 3 saturated heterocycles. The van der Waals surface area contributed by atoms with Crippen LogP contribution in [0.4, 0.5) is 29.5 Å². The van der Waals surface area contributed by atoms with Crippen LogP contribution >= 0.6 is 11.6 Å². The molecule has 3 N–H and O–H groups in total. The van der Waals surface area contributed by atoms with Crippen molar-refractivity contribution in [3.63, 3.8) is 0 Å². The smallest absolute Gasteiger partial charge is 0.418 e. The van der Waals surface area contributed by atoms with Crippen molar-refractivity contribution in [3.8, 4) is 11.4 Å². The van der Waals surface area contributed by atoms with Gasteiger partial charge in [-0.1, -0.05) is 41.9 Å². The van der Waals surface area contributed by atoms with Crippen molar-refractivity contribution < 1.29 is 41.8 Å². The first-order valence-corrected chi connectivity index (χ1v) is 19.9. The summed E-state index contributed by atoms with van der Waals surface area (Å²) in [6.07, 6.45) is -4.22. The van der Waals surface area contributed by atoms with E-state index in [1.54, 1.807) is 17.0 Å². The summed E-state index contributed by atoms with van der Waals surface area (Å²) in [5.41, 5.74) is 4.40. The molecule has 3 aliphatic heterocycles. The fourth-order valence-corrected chi connectivity index (χ4v) is 7.79. The lowest BCUT2D eigenvalue weighted by Gasteiger charge is -2.37. The zero-order chi connectivity index (χ0) is 42.6. The lowest BCUT2D eigenvalue weighted by Crippen LogP contribution is -2.53. The third-order valence-corrected chi connectivity index (χ3v) is 11.2. The van der Waals surface area contributed by atoms with E-state index in [1.165, 1.54) is 26.7 Å². The van der Waals surface area contributed by atoms with E-state index in [1.807, 2.05) is 35.2 Å². The van der Waals surface area contributed by atoms with Crippen molar-refractivity contribution in [1.82, 2.24) is 34.4 Å². The first-order chi connectivity index (χ1) is 28.7. The van der Waals surface area contributed by atoms with E-state index in [0.29, 0.717) is 57.1 Å². The highest BCUT2D eigenvalue weighted by Gasteiger charge is 2.37. The number of pyridine rings is 1. The van der Waals surface area contributed by atoms with Crippen LogP contribution in [0.25, 0.3) is 11.4 Å². The number of anilines is 2. The molecule has 2 aromatic heterocycles. The highest BCUT2D eigenvalue weighted by atomic mass is 35.5. The molecule has 0 aliphatic carbocycles. The number of amides is 3. The number of aromatic amines is 1. The molecule has 0 radical (unpaired) electrons. The van der Waals surface area contributed by atoms with E-state index in [9.17, 15) is 37.1 Å². The minimum absolute atomic E-state index is 0.00972. The topological polar surface area (TPSA) is 189 Å². The summed E-state index contributed by atoms with van der Waals surface area (Å²) in [6, 6.07) is 14.1. The number of esters is 1. The summed E-state index contributed by atoms with van der Waals surface area (Å²) in [6.45, 7) is 2.32. The molecule has 318 valence electrons. The number of hydrogen-bond acceptors (Lipinski definition) is 11. The Bertz CT molecular complexity index is 2260. The van der Waals surface area contributed by atoms with Crippen LogP contribution in [0, 0.1) is 0 Å². The van der Waals surface area contributed by atoms with Gasteiger partial charge in [0.25, 0.3) is 5.91 Å². The Hall–Kier alpha value is -6.11. The maximum Gasteiger partial charge on any atom is 0.418 e. The average molecular weight is 854 g/mol. The highest BCUT2D eigenvalue weighted by molar-refractivity contribution is 6.33. The minimum atomic E-state index is -4.83. The Morgan fingerprint density at radius 2 is 1.68 bits per heavy atom. The number of nitrogens with two attached hydrogens (primary N) is 1. The molecular formula is C40H43ClF3N9O7. The van der Waals surface area contributed by atoms with Gasteiger partial charge in [-0.2, -0.15) is 13.2 Å². The molecule has 5 heterocycles. The van der Waals surface area contributed by atoms with E-state index in [0.717, 1.165) is 18.1 Å². The third kappa shape index (κ3) is 9.67. The van der Waals surface area contributed by atoms with Crippen LogP contribution in [0.15, 0.2) is 65.6 Å². The second-order valence-electron chi connectivity index (χ2n) is 14.8. The molecule has 16 nitrogen and oxygen atoms in total. The van der Waals surface area contributed by atoms with Gasteiger partial charge < -0.3 is 34.8 Å². The van der Waals surface area contributed by atoms with Gasteiger partial charge in [0, 0.05) is 70.4 Å². The van der Waals surface area contributed by atoms with Crippen molar-refractivity contribution in [1.29, 1.82) is 0 Å². The van der Waals surface area contributed by atoms with Gasteiger partial charge in [0.1, 0.15) is 12.4 Å². The Morgan fingerprint density at radius 1 is 0.950 bits per heavy atom. The molecule has 0 saturated carbocycles. The number of carbonyl (C=O) groups is 4. The van der Waals surface area contributed by atoms with Crippen molar-refractivity contribution >= 4 is 47.0 Å². The number of nitrogen functional groups attached to an aromatic ring is 1. The number of H-pyrrole nitrogens is 1. The maximum absolute atomic E-state index is 14.1. The molecule has 20 heteroatoms. The molecule has 60 heavy (non-hydrogen) atoms. The summed E-state index contributed by atoms with van der Waals surface area (Å²) in [4.78, 5) is 78.5. The first-order valence-electron chi connectivity index (χ1n) is 19.5. The summed E-state index contributed by atoms with van der Waals surface area (Å²) < 4.78 is 54.1. The third-order valence-electron chi connectivity index (χ3n) is 10.9. The van der Waals surface area contributed by atoms with Crippen LogP contribution in [0.1, 0.15) is 53.2 Å². The lowest BCUT2D eigenvalue weighted by molar-refractivity contribution is -0.141. The zero-order valence-corrected chi connectivity index (χ0v) is 33.2. The number of ether oxygens (including phenoxy) is 2. The largest absolute Gasteiger partial charge is 0.460 e. The quantitative estimate of drug-likeness (QED) is 0.161. The molecule has 1 atom stereocenters. The molecule has 3 amide bonds. The summed E-state index contributed by atoms with van der Waals surface area (Å²) in [5.74, 6) is -0.193. The number of halogens is 4. The number of piperazine rings is 1. The van der Waals surface area contributed by atoms with Crippen molar-refractivity contribution in [3.05, 3.63) is 93.0 Å². The fraction of sp³-hybridized carbons (Fsp3) is 0.425. The average Bonchev–Trinajstić information content (AvgIpc) is 3.85. The molecule has 0 spiro atoms. The van der Waals surface area contributed by atoms with Gasteiger partial charge in [0.15, 0.2) is 11.9 Å². The Kier molecular flexibility index (Phi) is 12.6. The van der Waals surface area contributed by atoms with Crippen LogP contribution in [0.3, 0.4) is 0 Å². The number of piperidine rings is 1. The normalized spacial score (nSPS) is 16.9. The van der Waals surface area contributed by atoms with E-state index >= 15 is 0 Å². The second kappa shape index (κ2) is 18.0. The van der Waals surface area contributed by atoms with Gasteiger partial charge in [0.2, 0.25) is 5.91 Å². The predicted molar refractivity (Wildman–Crippen MR) is 212 cm³/mol. The van der Waals surface area contributed by atoms with Crippen LogP contribution in [0.5, 0.6) is 0 Å². The number of likely N-dealkylation sites (tertiary alicyclic amines) is 2. The van der Waals surface area contributed by atoms with Gasteiger partial charge in [-0.3, -0.25) is 14.6 Å². The zero-order valence-electron chi connectivity index (χ0n) is 32.4. The van der Waals surface area contributed by atoms with Gasteiger partial charge in [0.05, 0.1) is 34.4 Å². The van der Waals surface area contributed by atoms with Gasteiger partial charge >= 0.3 is 23.9 Å². The van der Waals surface area contributed by atoms with Crippen LogP contribution < -0.4 is 16.3 Å². The lowest BCUT2D eigenvalue weighted by atomic mass is 10.0. The number of carbonyl (C=O) groups excluding carboxylic acids is 4. The Balaban J connectivity index is 0.988. The predicted octanol–water partition coefficient (Wildman–Crippen LogP) is 4.40.